The molecule has 4 atom stereocenters. The molecule has 2 bridgehead atoms. The zero-order valence-electron chi connectivity index (χ0n) is 7.23. The van der Waals surface area contributed by atoms with Gasteiger partial charge in [0.1, 0.15) is 5.78 Å². The van der Waals surface area contributed by atoms with Crippen molar-refractivity contribution in [2.24, 2.45) is 23.7 Å². The Hall–Kier alpha value is -0.630. The predicted molar refractivity (Wildman–Crippen MR) is 45.5 cm³/mol. The first-order valence-electron chi connectivity index (χ1n) is 4.57. The third kappa shape index (κ3) is 0.944. The topological polar surface area (TPSA) is 37.3 Å². The van der Waals surface area contributed by atoms with Crippen LogP contribution in [-0.2, 0) is 4.79 Å². The number of carbonyl (C=O) groups is 1. The zero-order chi connectivity index (χ0) is 8.72. The Labute approximate surface area is 72.3 Å². The summed E-state index contributed by atoms with van der Waals surface area (Å²) in [5.74, 6) is 1.03. The van der Waals surface area contributed by atoms with Gasteiger partial charge in [0.15, 0.2) is 0 Å². The van der Waals surface area contributed by atoms with Crippen molar-refractivity contribution in [3.8, 4) is 0 Å². The minimum absolute atomic E-state index is 0.0188. The number of ketones is 1. The maximum absolute atomic E-state index is 11.6. The molecule has 2 aliphatic carbocycles. The number of fused-ring (bicyclic) bond motifs is 2. The Morgan fingerprint density at radius 1 is 1.50 bits per heavy atom. The molecule has 2 rings (SSSR count). The highest BCUT2D eigenvalue weighted by Crippen LogP contribution is 2.41. The minimum Gasteiger partial charge on any atom is -0.396 e. The van der Waals surface area contributed by atoms with Crippen molar-refractivity contribution in [2.75, 3.05) is 6.61 Å². The first-order chi connectivity index (χ1) is 5.74. The van der Waals surface area contributed by atoms with Gasteiger partial charge in [0.05, 0.1) is 6.61 Å². The summed E-state index contributed by atoms with van der Waals surface area (Å²) in [6.45, 7) is 1.99. The van der Waals surface area contributed by atoms with Gasteiger partial charge in [-0.15, -0.1) is 0 Å². The molecule has 0 aliphatic heterocycles. The van der Waals surface area contributed by atoms with E-state index in [4.69, 9.17) is 5.11 Å². The monoisotopic (exact) mass is 166 g/mol. The lowest BCUT2D eigenvalue weighted by molar-refractivity contribution is -0.132. The van der Waals surface area contributed by atoms with Gasteiger partial charge < -0.3 is 5.11 Å². The third-order valence-electron chi connectivity index (χ3n) is 3.32. The van der Waals surface area contributed by atoms with E-state index in [0.717, 1.165) is 6.42 Å². The van der Waals surface area contributed by atoms with E-state index >= 15 is 0 Å². The Balaban J connectivity index is 2.25. The van der Waals surface area contributed by atoms with Crippen LogP contribution in [0, 0.1) is 23.7 Å². The Morgan fingerprint density at radius 2 is 2.17 bits per heavy atom. The minimum atomic E-state index is -0.116. The number of aliphatic hydroxyl groups excluding tert-OH is 1. The van der Waals surface area contributed by atoms with Crippen LogP contribution in [-0.4, -0.2) is 17.5 Å². The van der Waals surface area contributed by atoms with Crippen molar-refractivity contribution in [1.29, 1.82) is 0 Å². The van der Waals surface area contributed by atoms with Gasteiger partial charge >= 0.3 is 0 Å². The second-order valence-corrected chi connectivity index (χ2v) is 3.93. The van der Waals surface area contributed by atoms with Crippen LogP contribution >= 0.6 is 0 Å². The lowest BCUT2D eigenvalue weighted by Gasteiger charge is -2.30. The Kier molecular flexibility index (Phi) is 1.80. The summed E-state index contributed by atoms with van der Waals surface area (Å²) < 4.78 is 0. The molecule has 0 saturated heterocycles. The molecule has 0 heterocycles. The highest BCUT2D eigenvalue weighted by molar-refractivity contribution is 5.85. The smallest absolute Gasteiger partial charge is 0.142 e. The third-order valence-corrected chi connectivity index (χ3v) is 3.32. The van der Waals surface area contributed by atoms with Crippen molar-refractivity contribution in [3.63, 3.8) is 0 Å². The quantitative estimate of drug-likeness (QED) is 0.590. The fourth-order valence-electron chi connectivity index (χ4n) is 2.41. The van der Waals surface area contributed by atoms with Crippen LogP contribution in [0.4, 0.5) is 0 Å². The van der Waals surface area contributed by atoms with Crippen LogP contribution in [0.1, 0.15) is 13.3 Å². The molecule has 1 N–H and O–H groups in total. The standard InChI is InChI=1S/C10H14O2/c1-6-7-2-3-8(4-7)9(5-11)10(6)12/h2-3,6-9,11H,4-5H2,1H3/t6-,7-,8+,9+/m1/s1. The van der Waals surface area contributed by atoms with Gasteiger partial charge in [-0.25, -0.2) is 0 Å². The first kappa shape index (κ1) is 7.99. The molecule has 1 saturated carbocycles. The summed E-state index contributed by atoms with van der Waals surface area (Å²) in [6, 6.07) is 0. The summed E-state index contributed by atoms with van der Waals surface area (Å²) in [6.07, 6.45) is 5.31. The van der Waals surface area contributed by atoms with Crippen LogP contribution in [0.2, 0.25) is 0 Å². The van der Waals surface area contributed by atoms with Crippen molar-refractivity contribution in [3.05, 3.63) is 12.2 Å². The Morgan fingerprint density at radius 3 is 2.83 bits per heavy atom. The van der Waals surface area contributed by atoms with Crippen molar-refractivity contribution >= 4 is 5.78 Å². The molecule has 1 fully saturated rings. The average Bonchev–Trinajstić information content (AvgIpc) is 2.49. The van der Waals surface area contributed by atoms with Crippen molar-refractivity contribution in [1.82, 2.24) is 0 Å². The second kappa shape index (κ2) is 2.70. The lowest BCUT2D eigenvalue weighted by Crippen LogP contribution is -2.37. The van der Waals surface area contributed by atoms with E-state index in [0.29, 0.717) is 11.8 Å². The molecule has 0 aromatic carbocycles. The highest BCUT2D eigenvalue weighted by Gasteiger charge is 2.42. The van der Waals surface area contributed by atoms with E-state index in [9.17, 15) is 4.79 Å². The number of carbonyl (C=O) groups excluding carboxylic acids is 1. The van der Waals surface area contributed by atoms with Gasteiger partial charge in [0.2, 0.25) is 0 Å². The molecule has 2 aliphatic rings. The molecular formula is C10H14O2. The molecule has 12 heavy (non-hydrogen) atoms. The maximum atomic E-state index is 11.6. The second-order valence-electron chi connectivity index (χ2n) is 3.93. The van der Waals surface area contributed by atoms with Crippen LogP contribution < -0.4 is 0 Å². The van der Waals surface area contributed by atoms with Crippen molar-refractivity contribution < 1.29 is 9.90 Å². The average molecular weight is 166 g/mol. The van der Waals surface area contributed by atoms with Gasteiger partial charge in [0, 0.05) is 11.8 Å². The predicted octanol–water partition coefficient (Wildman–Crippen LogP) is 1.01. The molecule has 0 radical (unpaired) electrons. The number of Topliss-reactive ketones (excluding diaryl/α,β-unsaturated/α-hetero) is 1. The number of rotatable bonds is 1. The van der Waals surface area contributed by atoms with Gasteiger partial charge in [-0.3, -0.25) is 4.79 Å². The number of allylic oxidation sites excluding steroid dienone is 2. The van der Waals surface area contributed by atoms with Crippen molar-refractivity contribution in [2.45, 2.75) is 13.3 Å². The molecule has 0 amide bonds. The molecule has 2 heteroatoms. The summed E-state index contributed by atoms with van der Waals surface area (Å²) >= 11 is 0. The first-order valence-corrected chi connectivity index (χ1v) is 4.57. The molecule has 66 valence electrons. The highest BCUT2D eigenvalue weighted by atomic mass is 16.3. The Bertz CT molecular complexity index is 232. The molecular weight excluding hydrogens is 152 g/mol. The number of hydrogen-bond donors (Lipinski definition) is 1. The van der Waals surface area contributed by atoms with Gasteiger partial charge in [-0.2, -0.15) is 0 Å². The van der Waals surface area contributed by atoms with Gasteiger partial charge in [-0.1, -0.05) is 19.1 Å². The molecule has 0 aromatic rings. The number of hydrogen-bond acceptors (Lipinski definition) is 2. The molecule has 2 nitrogen and oxygen atoms in total. The van der Waals surface area contributed by atoms with E-state index < -0.39 is 0 Å². The summed E-state index contributed by atoms with van der Waals surface area (Å²) in [7, 11) is 0. The van der Waals surface area contributed by atoms with Crippen LogP contribution in [0.25, 0.3) is 0 Å². The van der Waals surface area contributed by atoms with E-state index in [1.165, 1.54) is 0 Å². The lowest BCUT2D eigenvalue weighted by atomic mass is 9.73. The van der Waals surface area contributed by atoms with Crippen LogP contribution in [0.5, 0.6) is 0 Å². The summed E-state index contributed by atoms with van der Waals surface area (Å²) in [4.78, 5) is 11.6. The van der Waals surface area contributed by atoms with Crippen LogP contribution in [0.15, 0.2) is 12.2 Å². The SMILES string of the molecule is C[C@H]1C(=O)[C@@H](CO)[C@H]2C=C[C@@H]1C2. The summed E-state index contributed by atoms with van der Waals surface area (Å²) in [5, 5.41) is 9.04. The zero-order valence-corrected chi connectivity index (χ0v) is 7.23. The summed E-state index contributed by atoms with van der Waals surface area (Å²) in [5.41, 5.74) is 0. The van der Waals surface area contributed by atoms with Gasteiger partial charge in [-0.05, 0) is 18.3 Å². The van der Waals surface area contributed by atoms with E-state index in [2.05, 4.69) is 12.2 Å². The maximum Gasteiger partial charge on any atom is 0.142 e. The number of aliphatic hydroxyl groups is 1. The largest absolute Gasteiger partial charge is 0.396 e. The van der Waals surface area contributed by atoms with E-state index in [-0.39, 0.29) is 24.2 Å². The fourth-order valence-corrected chi connectivity index (χ4v) is 2.41. The van der Waals surface area contributed by atoms with E-state index in [1.54, 1.807) is 0 Å². The molecule has 0 unspecified atom stereocenters. The van der Waals surface area contributed by atoms with Gasteiger partial charge in [0.25, 0.3) is 0 Å². The molecule has 0 aromatic heterocycles. The molecule has 0 spiro atoms. The van der Waals surface area contributed by atoms with Crippen LogP contribution in [0.3, 0.4) is 0 Å². The normalized spacial score (nSPS) is 45.3. The fraction of sp³-hybridized carbons (Fsp3) is 0.700. The van der Waals surface area contributed by atoms with E-state index in [1.807, 2.05) is 6.92 Å².